The number of aliphatic hydroxyl groups excluding tert-OH is 1. The van der Waals surface area contributed by atoms with Crippen molar-refractivity contribution in [3.63, 3.8) is 0 Å². The van der Waals surface area contributed by atoms with E-state index in [0.717, 1.165) is 10.9 Å². The number of fused-ring (bicyclic) bond motifs is 1. The fourth-order valence-electron chi connectivity index (χ4n) is 4.29. The van der Waals surface area contributed by atoms with E-state index in [0.29, 0.717) is 11.1 Å². The zero-order valence-corrected chi connectivity index (χ0v) is 22.4. The van der Waals surface area contributed by atoms with Crippen molar-refractivity contribution in [2.45, 2.75) is 56.5 Å². The normalized spacial score (nSPS) is 14.7. The minimum atomic E-state index is -1.54. The highest BCUT2D eigenvalue weighted by atomic mass is 16.4. The molecule has 0 aliphatic rings. The van der Waals surface area contributed by atoms with Crippen molar-refractivity contribution in [2.24, 2.45) is 11.5 Å². The monoisotopic (exact) mass is 566 g/mol. The van der Waals surface area contributed by atoms with Crippen LogP contribution in [0.2, 0.25) is 0 Å². The maximum absolute atomic E-state index is 13.5. The summed E-state index contributed by atoms with van der Waals surface area (Å²) in [6.45, 7) is 1.25. The Labute approximate surface area is 235 Å². The summed E-state index contributed by atoms with van der Waals surface area (Å²) >= 11 is 0. The average molecular weight is 567 g/mol. The van der Waals surface area contributed by atoms with Crippen LogP contribution in [0.15, 0.2) is 60.8 Å². The number of hydrogen-bond acceptors (Lipinski definition) is 7. The summed E-state index contributed by atoms with van der Waals surface area (Å²) in [6, 6.07) is 10.5. The molecule has 0 saturated heterocycles. The highest BCUT2D eigenvalue weighted by molar-refractivity contribution is 5.96. The summed E-state index contributed by atoms with van der Waals surface area (Å²) in [7, 11) is 0. The van der Waals surface area contributed by atoms with Crippen molar-refractivity contribution in [2.75, 3.05) is 0 Å². The van der Waals surface area contributed by atoms with Gasteiger partial charge in [-0.3, -0.25) is 19.2 Å². The molecule has 0 fully saturated rings. The van der Waals surface area contributed by atoms with Crippen LogP contribution in [0.5, 0.6) is 0 Å². The van der Waals surface area contributed by atoms with Gasteiger partial charge in [-0.1, -0.05) is 48.5 Å². The Morgan fingerprint density at radius 3 is 2.12 bits per heavy atom. The van der Waals surface area contributed by atoms with Crippen molar-refractivity contribution < 1.29 is 34.2 Å². The molecular weight excluding hydrogens is 532 g/mol. The van der Waals surface area contributed by atoms with Crippen LogP contribution in [0.1, 0.15) is 24.5 Å². The van der Waals surface area contributed by atoms with Crippen LogP contribution >= 0.6 is 0 Å². The first-order valence-electron chi connectivity index (χ1n) is 12.9. The van der Waals surface area contributed by atoms with Gasteiger partial charge in [-0.2, -0.15) is 0 Å². The molecule has 4 amide bonds. The van der Waals surface area contributed by atoms with Gasteiger partial charge in [0.1, 0.15) is 18.1 Å². The molecule has 0 radical (unpaired) electrons. The Hall–Kier alpha value is -4.75. The molecule has 0 aliphatic heterocycles. The molecule has 0 saturated carbocycles. The fraction of sp³-hybridized carbons (Fsp3) is 0.321. The van der Waals surface area contributed by atoms with Crippen LogP contribution in [0.4, 0.5) is 0 Å². The number of aliphatic hydroxyl groups is 1. The van der Waals surface area contributed by atoms with Crippen molar-refractivity contribution in [3.8, 4) is 0 Å². The Morgan fingerprint density at radius 2 is 1.49 bits per heavy atom. The van der Waals surface area contributed by atoms with E-state index < -0.39 is 66.3 Å². The zero-order chi connectivity index (χ0) is 30.1. The first kappa shape index (κ1) is 30.8. The van der Waals surface area contributed by atoms with E-state index in [4.69, 9.17) is 11.5 Å². The maximum Gasteiger partial charge on any atom is 0.326 e. The summed E-state index contributed by atoms with van der Waals surface area (Å²) in [5.41, 5.74) is 12.9. The number of nitrogens with two attached hydrogens (primary N) is 2. The van der Waals surface area contributed by atoms with Crippen LogP contribution in [0.25, 0.3) is 10.9 Å². The highest BCUT2D eigenvalue weighted by Gasteiger charge is 2.33. The van der Waals surface area contributed by atoms with Gasteiger partial charge in [-0.15, -0.1) is 0 Å². The second-order valence-corrected chi connectivity index (χ2v) is 9.72. The van der Waals surface area contributed by atoms with Gasteiger partial charge < -0.3 is 42.6 Å². The number of aliphatic carboxylic acids is 1. The van der Waals surface area contributed by atoms with Crippen molar-refractivity contribution >= 4 is 40.5 Å². The van der Waals surface area contributed by atoms with Gasteiger partial charge in [0.2, 0.25) is 23.6 Å². The molecule has 0 spiro atoms. The van der Waals surface area contributed by atoms with Crippen molar-refractivity contribution in [3.05, 3.63) is 71.9 Å². The Bertz CT molecular complexity index is 1390. The molecule has 13 heteroatoms. The minimum Gasteiger partial charge on any atom is -0.480 e. The van der Waals surface area contributed by atoms with E-state index in [1.165, 1.54) is 6.92 Å². The summed E-state index contributed by atoms with van der Waals surface area (Å²) in [5.74, 6) is -4.71. The number of carboxylic acids is 1. The predicted molar refractivity (Wildman–Crippen MR) is 149 cm³/mol. The molecule has 0 aliphatic carbocycles. The fourth-order valence-corrected chi connectivity index (χ4v) is 4.29. The number of para-hydroxylation sites is 1. The van der Waals surface area contributed by atoms with Crippen LogP contribution in [0, 0.1) is 0 Å². The number of aromatic amines is 1. The molecule has 218 valence electrons. The number of carbonyl (C=O) groups excluding carboxylic acids is 4. The third-order valence-corrected chi connectivity index (χ3v) is 6.45. The van der Waals surface area contributed by atoms with E-state index in [2.05, 4.69) is 20.9 Å². The first-order chi connectivity index (χ1) is 19.5. The predicted octanol–water partition coefficient (Wildman–Crippen LogP) is -0.924. The molecular formula is C28H34N6O7. The molecule has 3 rings (SSSR count). The molecule has 41 heavy (non-hydrogen) atoms. The number of H-pyrrole nitrogens is 1. The van der Waals surface area contributed by atoms with Gasteiger partial charge >= 0.3 is 5.97 Å². The number of aromatic nitrogens is 1. The number of benzene rings is 2. The lowest BCUT2D eigenvalue weighted by Gasteiger charge is -2.26. The Morgan fingerprint density at radius 1 is 0.854 bits per heavy atom. The molecule has 13 nitrogen and oxygen atoms in total. The molecule has 10 N–H and O–H groups in total. The van der Waals surface area contributed by atoms with E-state index in [-0.39, 0.29) is 12.8 Å². The Balaban J connectivity index is 1.85. The number of carbonyl (C=O) groups is 5. The summed E-state index contributed by atoms with van der Waals surface area (Å²) in [5, 5.41) is 28.1. The lowest BCUT2D eigenvalue weighted by atomic mass is 10.0. The SMILES string of the molecule is CC(O)C(NC(=O)C(N)CC(N)=O)C(=O)NC(Cc1c[nH]c2ccccc12)C(=O)NC(Cc1ccccc1)C(=O)O. The second-order valence-electron chi connectivity index (χ2n) is 9.72. The van der Waals surface area contributed by atoms with Gasteiger partial charge in [-0.25, -0.2) is 4.79 Å². The number of carboxylic acid groups (broad SMARTS) is 1. The van der Waals surface area contributed by atoms with Gasteiger partial charge in [0, 0.05) is 29.9 Å². The molecule has 0 bridgehead atoms. The maximum atomic E-state index is 13.5. The largest absolute Gasteiger partial charge is 0.480 e. The molecule has 3 aromatic rings. The number of nitrogens with one attached hydrogen (secondary N) is 4. The molecule has 1 heterocycles. The first-order valence-corrected chi connectivity index (χ1v) is 12.9. The molecule has 2 aromatic carbocycles. The standard InChI is InChI=1S/C28H34N6O7/c1-15(35)24(34-25(37)19(29)13-23(30)36)27(39)32-21(12-17-14-31-20-10-6-5-9-18(17)20)26(38)33-22(28(40)41)11-16-7-3-2-4-8-16/h2-10,14-15,19,21-22,24,31,35H,11-13,29H2,1H3,(H2,30,36)(H,32,39)(H,33,38)(H,34,37)(H,40,41). The molecule has 1 aromatic heterocycles. The van der Waals surface area contributed by atoms with E-state index in [1.807, 2.05) is 24.3 Å². The topological polar surface area (TPSA) is 230 Å². The van der Waals surface area contributed by atoms with Gasteiger partial charge in [-0.05, 0) is 24.1 Å². The quantitative estimate of drug-likeness (QED) is 0.121. The van der Waals surface area contributed by atoms with Crippen molar-refractivity contribution in [1.29, 1.82) is 0 Å². The van der Waals surface area contributed by atoms with Crippen molar-refractivity contribution in [1.82, 2.24) is 20.9 Å². The van der Waals surface area contributed by atoms with Crippen LogP contribution in [-0.2, 0) is 36.8 Å². The lowest BCUT2D eigenvalue weighted by molar-refractivity contribution is -0.142. The van der Waals surface area contributed by atoms with E-state index in [1.54, 1.807) is 36.5 Å². The summed E-state index contributed by atoms with van der Waals surface area (Å²) in [6.07, 6.45) is -0.266. The zero-order valence-electron chi connectivity index (χ0n) is 22.4. The number of primary amides is 1. The van der Waals surface area contributed by atoms with E-state index >= 15 is 0 Å². The third-order valence-electron chi connectivity index (χ3n) is 6.45. The highest BCUT2D eigenvalue weighted by Crippen LogP contribution is 2.19. The number of amides is 4. The summed E-state index contributed by atoms with van der Waals surface area (Å²) < 4.78 is 0. The minimum absolute atomic E-state index is 0.000225. The second kappa shape index (κ2) is 14.1. The Kier molecular flexibility index (Phi) is 10.6. The number of hydrogen-bond donors (Lipinski definition) is 8. The molecule has 5 unspecified atom stereocenters. The average Bonchev–Trinajstić information content (AvgIpc) is 3.33. The smallest absolute Gasteiger partial charge is 0.326 e. The van der Waals surface area contributed by atoms with Crippen LogP contribution in [-0.4, -0.2) is 75.1 Å². The van der Waals surface area contributed by atoms with E-state index in [9.17, 15) is 34.2 Å². The van der Waals surface area contributed by atoms with Crippen LogP contribution < -0.4 is 27.4 Å². The summed E-state index contributed by atoms with van der Waals surface area (Å²) in [4.78, 5) is 65.4. The molecule has 5 atom stereocenters. The van der Waals surface area contributed by atoms with Gasteiger partial charge in [0.15, 0.2) is 0 Å². The number of rotatable bonds is 14. The lowest BCUT2D eigenvalue weighted by Crippen LogP contribution is -2.60. The van der Waals surface area contributed by atoms with Gasteiger partial charge in [0.25, 0.3) is 0 Å². The van der Waals surface area contributed by atoms with Gasteiger partial charge in [0.05, 0.1) is 18.6 Å². The van der Waals surface area contributed by atoms with Crippen LogP contribution in [0.3, 0.4) is 0 Å². The third kappa shape index (κ3) is 8.62.